The Hall–Kier alpha value is -0.770. The molecule has 1 saturated heterocycles. The number of halogens is 1. The van der Waals surface area contributed by atoms with Gasteiger partial charge in [-0.1, -0.05) is 0 Å². The summed E-state index contributed by atoms with van der Waals surface area (Å²) in [6.45, 7) is 0.547. The summed E-state index contributed by atoms with van der Waals surface area (Å²) >= 11 is 5.50. The van der Waals surface area contributed by atoms with Crippen LogP contribution in [0.4, 0.5) is 0 Å². The number of carbonyl (C=O) groups excluding carboxylic acids is 2. The van der Waals surface area contributed by atoms with E-state index in [-0.39, 0.29) is 17.9 Å². The molecule has 1 unspecified atom stereocenters. The zero-order chi connectivity index (χ0) is 11.1. The van der Waals surface area contributed by atoms with E-state index < -0.39 is 0 Å². The van der Waals surface area contributed by atoms with Crippen molar-refractivity contribution in [1.29, 1.82) is 0 Å². The second-order valence-corrected chi connectivity index (χ2v) is 4.13. The third-order valence-corrected chi connectivity index (χ3v) is 2.69. The largest absolute Gasteiger partial charge is 0.354 e. The molecular weight excluding hydrogens is 216 g/mol. The number of hydrogen-bond donors (Lipinski definition) is 2. The maximum Gasteiger partial charge on any atom is 0.220 e. The summed E-state index contributed by atoms with van der Waals surface area (Å²) < 4.78 is 0. The van der Waals surface area contributed by atoms with Crippen LogP contribution in [0.15, 0.2) is 0 Å². The van der Waals surface area contributed by atoms with Crippen LogP contribution in [0.1, 0.15) is 32.1 Å². The standard InChI is InChI=1S/C10H17ClN2O2/c11-6-2-1-3-9(14)12-7-8-4-5-10(15)13-8/h8H,1-7H2,(H,12,14)(H,13,15). The van der Waals surface area contributed by atoms with E-state index in [1.165, 1.54) is 0 Å². The fraction of sp³-hybridized carbons (Fsp3) is 0.800. The van der Waals surface area contributed by atoms with Crippen molar-refractivity contribution in [1.82, 2.24) is 10.6 Å². The minimum atomic E-state index is 0.0428. The van der Waals surface area contributed by atoms with Gasteiger partial charge in [0.2, 0.25) is 11.8 Å². The normalized spacial score (nSPS) is 20.1. The molecule has 1 atom stereocenters. The van der Waals surface area contributed by atoms with Crippen LogP contribution in [-0.4, -0.2) is 30.3 Å². The van der Waals surface area contributed by atoms with Gasteiger partial charge in [-0.3, -0.25) is 9.59 Å². The molecule has 1 fully saturated rings. The molecule has 1 heterocycles. The highest BCUT2D eigenvalue weighted by Gasteiger charge is 2.20. The Morgan fingerprint density at radius 1 is 1.53 bits per heavy atom. The minimum Gasteiger partial charge on any atom is -0.354 e. The quantitative estimate of drug-likeness (QED) is 0.526. The summed E-state index contributed by atoms with van der Waals surface area (Å²) in [6.07, 6.45) is 3.61. The van der Waals surface area contributed by atoms with Gasteiger partial charge >= 0.3 is 0 Å². The van der Waals surface area contributed by atoms with Crippen LogP contribution in [0.25, 0.3) is 0 Å². The molecule has 2 amide bonds. The van der Waals surface area contributed by atoms with Crippen molar-refractivity contribution in [2.45, 2.75) is 38.1 Å². The number of nitrogens with one attached hydrogen (secondary N) is 2. The van der Waals surface area contributed by atoms with Crippen LogP contribution in [0, 0.1) is 0 Å². The summed E-state index contributed by atoms with van der Waals surface area (Å²) in [6, 6.07) is 0.120. The predicted octanol–water partition coefficient (Wildman–Crippen LogP) is 0.790. The molecule has 0 aromatic heterocycles. The molecule has 0 aromatic rings. The molecule has 0 bridgehead atoms. The highest BCUT2D eigenvalue weighted by molar-refractivity contribution is 6.17. The SMILES string of the molecule is O=C(CCCCCl)NCC1CCC(=O)N1. The Kier molecular flexibility index (Phi) is 5.47. The molecular formula is C10H17ClN2O2. The van der Waals surface area contributed by atoms with E-state index >= 15 is 0 Å². The molecule has 1 aliphatic heterocycles. The summed E-state index contributed by atoms with van der Waals surface area (Å²) in [5, 5.41) is 5.61. The molecule has 5 heteroatoms. The van der Waals surface area contributed by atoms with Crippen molar-refractivity contribution in [2.75, 3.05) is 12.4 Å². The first kappa shape index (κ1) is 12.3. The fourth-order valence-corrected chi connectivity index (χ4v) is 1.72. The topological polar surface area (TPSA) is 58.2 Å². The Bertz CT molecular complexity index is 233. The van der Waals surface area contributed by atoms with Crippen molar-refractivity contribution in [3.05, 3.63) is 0 Å². The van der Waals surface area contributed by atoms with Gasteiger partial charge in [0.05, 0.1) is 0 Å². The van der Waals surface area contributed by atoms with E-state index in [2.05, 4.69) is 10.6 Å². The molecule has 1 rings (SSSR count). The molecule has 1 aliphatic rings. The minimum absolute atomic E-state index is 0.0428. The number of alkyl halides is 1. The van der Waals surface area contributed by atoms with Crippen molar-refractivity contribution in [2.24, 2.45) is 0 Å². The van der Waals surface area contributed by atoms with Gasteiger partial charge < -0.3 is 10.6 Å². The van der Waals surface area contributed by atoms with Crippen LogP contribution >= 0.6 is 11.6 Å². The Labute approximate surface area is 94.7 Å². The van der Waals surface area contributed by atoms with Gasteiger partial charge in [-0.25, -0.2) is 0 Å². The van der Waals surface area contributed by atoms with Gasteiger partial charge in [0.1, 0.15) is 0 Å². The van der Waals surface area contributed by atoms with Gasteiger partial charge in [-0.2, -0.15) is 0 Å². The number of rotatable bonds is 6. The second kappa shape index (κ2) is 6.67. The average Bonchev–Trinajstić information content (AvgIpc) is 2.62. The lowest BCUT2D eigenvalue weighted by Crippen LogP contribution is -2.38. The fourth-order valence-electron chi connectivity index (χ4n) is 1.54. The van der Waals surface area contributed by atoms with E-state index in [0.29, 0.717) is 25.3 Å². The first-order valence-electron chi connectivity index (χ1n) is 5.34. The number of amides is 2. The van der Waals surface area contributed by atoms with Crippen LogP contribution in [-0.2, 0) is 9.59 Å². The lowest BCUT2D eigenvalue weighted by Gasteiger charge is -2.10. The molecule has 0 saturated carbocycles. The van der Waals surface area contributed by atoms with E-state index in [9.17, 15) is 9.59 Å². The summed E-state index contributed by atoms with van der Waals surface area (Å²) in [5.41, 5.74) is 0. The first-order chi connectivity index (χ1) is 7.22. The van der Waals surface area contributed by atoms with Crippen LogP contribution in [0.2, 0.25) is 0 Å². The summed E-state index contributed by atoms with van der Waals surface area (Å²) in [5.74, 6) is 0.726. The van der Waals surface area contributed by atoms with E-state index in [1.54, 1.807) is 0 Å². The third-order valence-electron chi connectivity index (χ3n) is 2.42. The average molecular weight is 233 g/mol. The smallest absolute Gasteiger partial charge is 0.220 e. The van der Waals surface area contributed by atoms with Gasteiger partial charge in [0.25, 0.3) is 0 Å². The van der Waals surface area contributed by atoms with Gasteiger partial charge in [0, 0.05) is 31.3 Å². The molecule has 0 spiro atoms. The molecule has 0 radical (unpaired) electrons. The first-order valence-corrected chi connectivity index (χ1v) is 5.88. The van der Waals surface area contributed by atoms with Gasteiger partial charge in [-0.05, 0) is 19.3 Å². The highest BCUT2D eigenvalue weighted by Crippen LogP contribution is 2.05. The number of unbranched alkanes of at least 4 members (excludes halogenated alkanes) is 1. The van der Waals surface area contributed by atoms with Crippen molar-refractivity contribution < 1.29 is 9.59 Å². The predicted molar refractivity (Wildman–Crippen MR) is 58.7 cm³/mol. The van der Waals surface area contributed by atoms with Crippen molar-refractivity contribution >= 4 is 23.4 Å². The summed E-state index contributed by atoms with van der Waals surface area (Å²) in [7, 11) is 0. The van der Waals surface area contributed by atoms with Crippen LogP contribution in [0.3, 0.4) is 0 Å². The van der Waals surface area contributed by atoms with E-state index in [0.717, 1.165) is 19.3 Å². The van der Waals surface area contributed by atoms with Crippen molar-refractivity contribution in [3.8, 4) is 0 Å². The van der Waals surface area contributed by atoms with Gasteiger partial charge in [0.15, 0.2) is 0 Å². The maximum atomic E-state index is 11.3. The lowest BCUT2D eigenvalue weighted by atomic mass is 10.2. The van der Waals surface area contributed by atoms with Crippen molar-refractivity contribution in [3.63, 3.8) is 0 Å². The molecule has 15 heavy (non-hydrogen) atoms. The Balaban J connectivity index is 2.03. The van der Waals surface area contributed by atoms with E-state index in [4.69, 9.17) is 11.6 Å². The zero-order valence-electron chi connectivity index (χ0n) is 8.72. The molecule has 4 nitrogen and oxygen atoms in total. The second-order valence-electron chi connectivity index (χ2n) is 3.75. The van der Waals surface area contributed by atoms with Crippen LogP contribution < -0.4 is 10.6 Å². The Morgan fingerprint density at radius 3 is 2.93 bits per heavy atom. The lowest BCUT2D eigenvalue weighted by molar-refractivity contribution is -0.122. The number of hydrogen-bond acceptors (Lipinski definition) is 2. The monoisotopic (exact) mass is 232 g/mol. The molecule has 2 N–H and O–H groups in total. The van der Waals surface area contributed by atoms with Crippen LogP contribution in [0.5, 0.6) is 0 Å². The molecule has 0 aromatic carbocycles. The molecule has 86 valence electrons. The third kappa shape index (κ3) is 5.02. The van der Waals surface area contributed by atoms with E-state index in [1.807, 2.05) is 0 Å². The maximum absolute atomic E-state index is 11.3. The van der Waals surface area contributed by atoms with Gasteiger partial charge in [-0.15, -0.1) is 11.6 Å². The highest BCUT2D eigenvalue weighted by atomic mass is 35.5. The number of carbonyl (C=O) groups is 2. The zero-order valence-corrected chi connectivity index (χ0v) is 9.48. The summed E-state index contributed by atoms with van der Waals surface area (Å²) in [4.78, 5) is 22.2. The Morgan fingerprint density at radius 2 is 2.33 bits per heavy atom. The molecule has 0 aliphatic carbocycles.